The Bertz CT molecular complexity index is 1010. The number of rotatable bonds is 6. The molecule has 156 valence electrons. The summed E-state index contributed by atoms with van der Waals surface area (Å²) in [6.07, 6.45) is 8.95. The number of pyridine rings is 1. The van der Waals surface area contributed by atoms with E-state index in [-0.39, 0.29) is 11.9 Å². The quantitative estimate of drug-likeness (QED) is 0.689. The van der Waals surface area contributed by atoms with Crippen LogP contribution < -0.4 is 15.0 Å². The molecule has 2 N–H and O–H groups in total. The lowest BCUT2D eigenvalue weighted by Gasteiger charge is -2.36. The SMILES string of the molecule is CC(=O)N1c2ccc(/C(C=N)=C/NC3CC3)c(Oc3ncccc3C)c2CC[C@@H]1C. The molecular formula is C24H28N4O2. The van der Waals surface area contributed by atoms with E-state index in [0.29, 0.717) is 17.7 Å². The normalized spacial score (nSPS) is 18.6. The van der Waals surface area contributed by atoms with Gasteiger partial charge in [-0.05, 0) is 57.7 Å². The van der Waals surface area contributed by atoms with E-state index in [9.17, 15) is 4.79 Å². The van der Waals surface area contributed by atoms with Crippen molar-refractivity contribution in [2.45, 2.75) is 58.5 Å². The van der Waals surface area contributed by atoms with Crippen LogP contribution in [0, 0.1) is 12.3 Å². The molecule has 1 saturated carbocycles. The van der Waals surface area contributed by atoms with Gasteiger partial charge in [0.15, 0.2) is 0 Å². The number of nitrogens with zero attached hydrogens (tertiary/aromatic N) is 2. The Kier molecular flexibility index (Phi) is 5.57. The van der Waals surface area contributed by atoms with Crippen molar-refractivity contribution < 1.29 is 9.53 Å². The smallest absolute Gasteiger partial charge is 0.224 e. The summed E-state index contributed by atoms with van der Waals surface area (Å²) in [5.41, 5.74) is 4.39. The Labute approximate surface area is 177 Å². The minimum atomic E-state index is 0.0226. The number of carbonyl (C=O) groups excluding carboxylic acids is 1. The summed E-state index contributed by atoms with van der Waals surface area (Å²) in [5, 5.41) is 11.4. The topological polar surface area (TPSA) is 78.3 Å². The predicted molar refractivity (Wildman–Crippen MR) is 119 cm³/mol. The van der Waals surface area contributed by atoms with Gasteiger partial charge in [-0.15, -0.1) is 0 Å². The number of aromatic nitrogens is 1. The molecule has 1 atom stereocenters. The largest absolute Gasteiger partial charge is 0.438 e. The average Bonchev–Trinajstić information content (AvgIpc) is 3.55. The second kappa shape index (κ2) is 8.30. The number of carbonyl (C=O) groups is 1. The fourth-order valence-electron chi connectivity index (χ4n) is 3.96. The molecule has 2 aliphatic rings. The van der Waals surface area contributed by atoms with Gasteiger partial charge in [0.2, 0.25) is 11.8 Å². The molecule has 1 aliphatic carbocycles. The van der Waals surface area contributed by atoms with Crippen molar-refractivity contribution in [2.24, 2.45) is 0 Å². The molecule has 0 saturated heterocycles. The van der Waals surface area contributed by atoms with E-state index >= 15 is 0 Å². The first kappa shape index (κ1) is 20.1. The van der Waals surface area contributed by atoms with Crippen molar-refractivity contribution in [3.05, 3.63) is 53.4 Å². The summed E-state index contributed by atoms with van der Waals surface area (Å²) >= 11 is 0. The van der Waals surface area contributed by atoms with E-state index in [1.807, 2.05) is 42.3 Å². The molecular weight excluding hydrogens is 376 g/mol. The molecule has 0 bridgehead atoms. The molecule has 2 heterocycles. The molecule has 0 spiro atoms. The number of fused-ring (bicyclic) bond motifs is 1. The lowest BCUT2D eigenvalue weighted by Crippen LogP contribution is -2.40. The van der Waals surface area contributed by atoms with Crippen molar-refractivity contribution in [3.8, 4) is 11.6 Å². The Morgan fingerprint density at radius 3 is 2.77 bits per heavy atom. The van der Waals surface area contributed by atoms with Crippen molar-refractivity contribution in [3.63, 3.8) is 0 Å². The van der Waals surface area contributed by atoms with Crippen LogP contribution in [0.25, 0.3) is 5.57 Å². The number of allylic oxidation sites excluding steroid dienone is 1. The van der Waals surface area contributed by atoms with Crippen molar-refractivity contribution >= 4 is 23.4 Å². The number of nitrogens with one attached hydrogen (secondary N) is 2. The number of benzene rings is 1. The Balaban J connectivity index is 1.85. The highest BCUT2D eigenvalue weighted by Crippen LogP contribution is 2.43. The summed E-state index contributed by atoms with van der Waals surface area (Å²) < 4.78 is 6.39. The van der Waals surface area contributed by atoms with Gasteiger partial charge in [-0.3, -0.25) is 4.79 Å². The molecule has 6 nitrogen and oxygen atoms in total. The molecule has 0 radical (unpaired) electrons. The van der Waals surface area contributed by atoms with Gasteiger partial charge in [-0.1, -0.05) is 6.07 Å². The zero-order chi connectivity index (χ0) is 21.3. The maximum Gasteiger partial charge on any atom is 0.224 e. The Morgan fingerprint density at radius 2 is 2.10 bits per heavy atom. The minimum Gasteiger partial charge on any atom is -0.438 e. The van der Waals surface area contributed by atoms with Crippen LogP contribution in [0.3, 0.4) is 0 Å². The van der Waals surface area contributed by atoms with Gasteiger partial charge >= 0.3 is 0 Å². The molecule has 1 fully saturated rings. The second-order valence-electron chi connectivity index (χ2n) is 8.13. The number of hydrogen-bond donors (Lipinski definition) is 2. The predicted octanol–water partition coefficient (Wildman–Crippen LogP) is 4.61. The van der Waals surface area contributed by atoms with E-state index in [4.69, 9.17) is 10.1 Å². The molecule has 1 aromatic carbocycles. The van der Waals surface area contributed by atoms with Gasteiger partial charge in [-0.25, -0.2) is 4.98 Å². The first-order valence-corrected chi connectivity index (χ1v) is 10.5. The third kappa shape index (κ3) is 3.95. The summed E-state index contributed by atoms with van der Waals surface area (Å²) in [6, 6.07) is 8.41. The van der Waals surface area contributed by atoms with Crippen LogP contribution in [-0.2, 0) is 11.2 Å². The summed E-state index contributed by atoms with van der Waals surface area (Å²) in [7, 11) is 0. The third-order valence-corrected chi connectivity index (χ3v) is 5.77. The Morgan fingerprint density at radius 1 is 1.30 bits per heavy atom. The van der Waals surface area contributed by atoms with E-state index in [1.54, 1.807) is 13.1 Å². The first-order chi connectivity index (χ1) is 14.5. The van der Waals surface area contributed by atoms with Crippen molar-refractivity contribution in [1.82, 2.24) is 10.3 Å². The molecule has 30 heavy (non-hydrogen) atoms. The van der Waals surface area contributed by atoms with E-state index < -0.39 is 0 Å². The van der Waals surface area contributed by atoms with Crippen LogP contribution >= 0.6 is 0 Å². The fraction of sp³-hybridized carbons (Fsp3) is 0.375. The standard InChI is InChI=1S/C24H28N4O2/c1-15-5-4-12-26-24(15)30-23-20(18(13-25)14-27-19-7-8-19)10-11-22-21(23)9-6-16(2)28(22)17(3)29/h4-5,10-14,16,19,25,27H,6-9H2,1-3H3/b18-14+,25-13?/t16-/m0/s1. The van der Waals surface area contributed by atoms with Gasteiger partial charge in [-0.2, -0.15) is 0 Å². The van der Waals surface area contributed by atoms with Crippen LogP contribution in [0.1, 0.15) is 49.8 Å². The number of aryl methyl sites for hydroxylation is 1. The number of amides is 1. The zero-order valence-corrected chi connectivity index (χ0v) is 17.7. The number of anilines is 1. The van der Waals surface area contributed by atoms with E-state index in [1.165, 1.54) is 6.21 Å². The van der Waals surface area contributed by atoms with Crippen LogP contribution in [0.2, 0.25) is 0 Å². The molecule has 1 aliphatic heterocycles. The Hall–Kier alpha value is -3.15. The van der Waals surface area contributed by atoms with Gasteiger partial charge in [0.05, 0.1) is 5.69 Å². The number of hydrogen-bond acceptors (Lipinski definition) is 5. The summed E-state index contributed by atoms with van der Waals surface area (Å²) in [5.74, 6) is 1.24. The maximum absolute atomic E-state index is 12.4. The third-order valence-electron chi connectivity index (χ3n) is 5.77. The van der Waals surface area contributed by atoms with Gasteiger partial charge < -0.3 is 20.4 Å². The van der Waals surface area contributed by atoms with Gasteiger partial charge in [0.1, 0.15) is 5.75 Å². The molecule has 1 amide bonds. The summed E-state index contributed by atoms with van der Waals surface area (Å²) in [6.45, 7) is 5.64. The van der Waals surface area contributed by atoms with Crippen LogP contribution in [-0.4, -0.2) is 29.2 Å². The van der Waals surface area contributed by atoms with Crippen LogP contribution in [0.15, 0.2) is 36.7 Å². The lowest BCUT2D eigenvalue weighted by atomic mass is 9.91. The van der Waals surface area contributed by atoms with Crippen LogP contribution in [0.4, 0.5) is 5.69 Å². The minimum absolute atomic E-state index is 0.0226. The van der Waals surface area contributed by atoms with Gasteiger partial charge in [0.25, 0.3) is 0 Å². The molecule has 1 aromatic heterocycles. The highest BCUT2D eigenvalue weighted by molar-refractivity contribution is 6.10. The molecule has 2 aromatic rings. The summed E-state index contributed by atoms with van der Waals surface area (Å²) in [4.78, 5) is 18.6. The lowest BCUT2D eigenvalue weighted by molar-refractivity contribution is -0.117. The van der Waals surface area contributed by atoms with Crippen LogP contribution in [0.5, 0.6) is 11.6 Å². The molecule has 0 unspecified atom stereocenters. The monoisotopic (exact) mass is 404 g/mol. The number of ether oxygens (including phenoxy) is 1. The maximum atomic E-state index is 12.4. The van der Waals surface area contributed by atoms with Gasteiger partial charge in [0, 0.05) is 59.9 Å². The first-order valence-electron chi connectivity index (χ1n) is 10.5. The highest BCUT2D eigenvalue weighted by Gasteiger charge is 2.30. The van der Waals surface area contributed by atoms with Crippen molar-refractivity contribution in [1.29, 1.82) is 5.41 Å². The highest BCUT2D eigenvalue weighted by atomic mass is 16.5. The van der Waals surface area contributed by atoms with E-state index in [2.05, 4.69) is 17.2 Å². The second-order valence-corrected chi connectivity index (χ2v) is 8.13. The zero-order valence-electron chi connectivity index (χ0n) is 17.7. The molecule has 4 rings (SSSR count). The molecule has 6 heteroatoms. The fourth-order valence-corrected chi connectivity index (χ4v) is 3.96. The van der Waals surface area contributed by atoms with Crippen molar-refractivity contribution in [2.75, 3.05) is 4.90 Å². The average molecular weight is 405 g/mol. The van der Waals surface area contributed by atoms with E-state index in [0.717, 1.165) is 53.6 Å².